The first-order valence-corrected chi connectivity index (χ1v) is 4.10. The van der Waals surface area contributed by atoms with E-state index in [1.54, 1.807) is 0 Å². The van der Waals surface area contributed by atoms with Gasteiger partial charge in [0.1, 0.15) is 5.75 Å². The summed E-state index contributed by atoms with van der Waals surface area (Å²) in [6, 6.07) is 8.03. The van der Waals surface area contributed by atoms with Crippen molar-refractivity contribution in [3.05, 3.63) is 41.7 Å². The lowest BCUT2D eigenvalue weighted by Gasteiger charge is -2.04. The van der Waals surface area contributed by atoms with E-state index in [1.807, 2.05) is 44.2 Å². The van der Waals surface area contributed by atoms with E-state index < -0.39 is 0 Å². The first-order valence-electron chi connectivity index (χ1n) is 4.10. The second-order valence-electron chi connectivity index (χ2n) is 2.81. The zero-order valence-electron chi connectivity index (χ0n) is 7.79. The van der Waals surface area contributed by atoms with E-state index in [-0.39, 0.29) is 0 Å². The van der Waals surface area contributed by atoms with Crippen molar-refractivity contribution in [2.24, 2.45) is 0 Å². The Balaban J connectivity index is 2.71. The van der Waals surface area contributed by atoms with Gasteiger partial charge >= 0.3 is 0 Å². The van der Waals surface area contributed by atoms with Crippen molar-refractivity contribution in [2.75, 3.05) is 0 Å². The molecule has 0 saturated carbocycles. The highest BCUT2D eigenvalue weighted by Crippen LogP contribution is 2.14. The minimum atomic E-state index is 0.899. The van der Waals surface area contributed by atoms with Gasteiger partial charge in [0.2, 0.25) is 0 Å². The second kappa shape index (κ2) is 3.96. The summed E-state index contributed by atoms with van der Waals surface area (Å²) in [5.74, 6) is 1.83. The van der Waals surface area contributed by atoms with E-state index in [0.717, 1.165) is 11.5 Å². The van der Waals surface area contributed by atoms with Gasteiger partial charge in [0, 0.05) is 0 Å². The smallest absolute Gasteiger partial charge is 0.126 e. The molecular weight excluding hydrogens is 148 g/mol. The maximum atomic E-state index is 5.48. The molecule has 1 rings (SSSR count). The van der Waals surface area contributed by atoms with E-state index in [0.29, 0.717) is 0 Å². The molecule has 0 N–H and O–H groups in total. The van der Waals surface area contributed by atoms with Crippen LogP contribution >= 0.6 is 0 Å². The van der Waals surface area contributed by atoms with E-state index in [1.165, 1.54) is 5.56 Å². The molecule has 0 spiro atoms. The Morgan fingerprint density at radius 1 is 1.25 bits per heavy atom. The van der Waals surface area contributed by atoms with Crippen LogP contribution in [0.1, 0.15) is 19.4 Å². The molecule has 0 aliphatic carbocycles. The molecule has 1 aromatic rings. The second-order valence-corrected chi connectivity index (χ2v) is 2.81. The molecule has 1 nitrogen and oxygen atoms in total. The van der Waals surface area contributed by atoms with Crippen LogP contribution in [-0.4, -0.2) is 0 Å². The molecule has 0 fully saturated rings. The average Bonchev–Trinajstić information content (AvgIpc) is 2.09. The van der Waals surface area contributed by atoms with Crippen molar-refractivity contribution in [1.29, 1.82) is 0 Å². The van der Waals surface area contributed by atoms with E-state index in [2.05, 4.69) is 6.92 Å². The highest BCUT2D eigenvalue weighted by atomic mass is 16.5. The molecule has 0 amide bonds. The lowest BCUT2D eigenvalue weighted by Crippen LogP contribution is -1.89. The Morgan fingerprint density at radius 3 is 2.33 bits per heavy atom. The van der Waals surface area contributed by atoms with E-state index in [9.17, 15) is 0 Å². The van der Waals surface area contributed by atoms with Crippen LogP contribution in [-0.2, 0) is 0 Å². The minimum absolute atomic E-state index is 0.899. The van der Waals surface area contributed by atoms with Crippen molar-refractivity contribution in [3.63, 3.8) is 0 Å². The number of aryl methyl sites for hydroxylation is 1. The lowest BCUT2D eigenvalue weighted by atomic mass is 10.2. The molecule has 0 saturated heterocycles. The lowest BCUT2D eigenvalue weighted by molar-refractivity contribution is 0.426. The summed E-state index contributed by atoms with van der Waals surface area (Å²) in [6.07, 6.45) is 1.94. The van der Waals surface area contributed by atoms with Gasteiger partial charge in [-0.1, -0.05) is 17.7 Å². The van der Waals surface area contributed by atoms with Crippen molar-refractivity contribution in [2.45, 2.75) is 20.8 Å². The van der Waals surface area contributed by atoms with Gasteiger partial charge in [-0.2, -0.15) is 0 Å². The largest absolute Gasteiger partial charge is 0.462 e. The predicted octanol–water partition coefficient (Wildman–Crippen LogP) is 3.30. The molecule has 0 atom stereocenters. The predicted molar refractivity (Wildman–Crippen MR) is 51.2 cm³/mol. The van der Waals surface area contributed by atoms with Crippen LogP contribution in [0.3, 0.4) is 0 Å². The Labute approximate surface area is 73.7 Å². The topological polar surface area (TPSA) is 9.23 Å². The van der Waals surface area contributed by atoms with Gasteiger partial charge in [0.25, 0.3) is 0 Å². The van der Waals surface area contributed by atoms with Gasteiger partial charge in [-0.25, -0.2) is 0 Å². The molecule has 12 heavy (non-hydrogen) atoms. The summed E-state index contributed by atoms with van der Waals surface area (Å²) < 4.78 is 5.48. The first-order chi connectivity index (χ1) is 5.72. The van der Waals surface area contributed by atoms with Crippen molar-refractivity contribution >= 4 is 0 Å². The zero-order chi connectivity index (χ0) is 8.97. The van der Waals surface area contributed by atoms with Gasteiger partial charge in [0.15, 0.2) is 0 Å². The summed E-state index contributed by atoms with van der Waals surface area (Å²) in [7, 11) is 0. The van der Waals surface area contributed by atoms with Crippen LogP contribution in [0.15, 0.2) is 36.1 Å². The number of hydrogen-bond acceptors (Lipinski definition) is 1. The number of hydrogen-bond donors (Lipinski definition) is 0. The minimum Gasteiger partial charge on any atom is -0.462 e. The van der Waals surface area contributed by atoms with Crippen LogP contribution in [0.25, 0.3) is 0 Å². The van der Waals surface area contributed by atoms with Crippen LogP contribution in [0.4, 0.5) is 0 Å². The third-order valence-electron chi connectivity index (χ3n) is 1.71. The molecule has 0 radical (unpaired) electrons. The first kappa shape index (κ1) is 8.85. The number of benzene rings is 1. The molecule has 1 aromatic carbocycles. The molecule has 64 valence electrons. The molecule has 0 unspecified atom stereocenters. The number of rotatable bonds is 2. The molecular formula is C11H14O. The molecule has 1 heteroatoms. The third kappa shape index (κ3) is 2.42. The monoisotopic (exact) mass is 162 g/mol. The van der Waals surface area contributed by atoms with E-state index in [4.69, 9.17) is 4.74 Å². The van der Waals surface area contributed by atoms with Gasteiger partial charge < -0.3 is 4.74 Å². The van der Waals surface area contributed by atoms with Crippen molar-refractivity contribution in [1.82, 2.24) is 0 Å². The standard InChI is InChI=1S/C11H14O/c1-4-10(3)12-11-7-5-9(2)6-8-11/h4-8H,1-3H3/b10-4-. The quantitative estimate of drug-likeness (QED) is 0.606. The summed E-state index contributed by atoms with van der Waals surface area (Å²) in [5.41, 5.74) is 1.25. The summed E-state index contributed by atoms with van der Waals surface area (Å²) >= 11 is 0. The summed E-state index contributed by atoms with van der Waals surface area (Å²) in [5, 5.41) is 0. The van der Waals surface area contributed by atoms with Gasteiger partial charge in [-0.3, -0.25) is 0 Å². The molecule has 0 aliphatic rings. The molecule has 0 aromatic heterocycles. The zero-order valence-corrected chi connectivity index (χ0v) is 7.79. The van der Waals surface area contributed by atoms with Gasteiger partial charge in [-0.15, -0.1) is 0 Å². The summed E-state index contributed by atoms with van der Waals surface area (Å²) in [4.78, 5) is 0. The Bertz CT molecular complexity index is 270. The normalized spacial score (nSPS) is 11.4. The average molecular weight is 162 g/mol. The highest BCUT2D eigenvalue weighted by Gasteiger charge is 1.92. The Hall–Kier alpha value is -1.24. The molecule has 0 aliphatic heterocycles. The maximum absolute atomic E-state index is 5.48. The van der Waals surface area contributed by atoms with E-state index >= 15 is 0 Å². The fourth-order valence-corrected chi connectivity index (χ4v) is 0.851. The van der Waals surface area contributed by atoms with Crippen molar-refractivity contribution in [3.8, 4) is 5.75 Å². The fraction of sp³-hybridized carbons (Fsp3) is 0.273. The molecule has 0 heterocycles. The van der Waals surface area contributed by atoms with Crippen LogP contribution < -0.4 is 4.74 Å². The van der Waals surface area contributed by atoms with Gasteiger partial charge in [-0.05, 0) is 39.0 Å². The SMILES string of the molecule is C/C=C(/C)Oc1ccc(C)cc1. The van der Waals surface area contributed by atoms with Crippen molar-refractivity contribution < 1.29 is 4.74 Å². The van der Waals surface area contributed by atoms with Crippen LogP contribution in [0, 0.1) is 6.92 Å². The van der Waals surface area contributed by atoms with Crippen LogP contribution in [0.2, 0.25) is 0 Å². The van der Waals surface area contributed by atoms with Gasteiger partial charge in [0.05, 0.1) is 5.76 Å². The maximum Gasteiger partial charge on any atom is 0.126 e. The number of ether oxygens (including phenoxy) is 1. The Morgan fingerprint density at radius 2 is 1.83 bits per heavy atom. The van der Waals surface area contributed by atoms with Crippen LogP contribution in [0.5, 0.6) is 5.75 Å². The molecule has 0 bridgehead atoms. The Kier molecular flexibility index (Phi) is 2.92. The third-order valence-corrected chi connectivity index (χ3v) is 1.71. The summed E-state index contributed by atoms with van der Waals surface area (Å²) in [6.45, 7) is 5.97. The number of allylic oxidation sites excluding steroid dienone is 2. The fourth-order valence-electron chi connectivity index (χ4n) is 0.851. The highest BCUT2D eigenvalue weighted by molar-refractivity contribution is 5.27.